The molecule has 94 valence electrons. The summed E-state index contributed by atoms with van der Waals surface area (Å²) in [5.41, 5.74) is -0.471. The Hall–Kier alpha value is -0.770. The topological polar surface area (TPSA) is 49.8 Å². The van der Waals surface area contributed by atoms with Crippen LogP contribution in [0.15, 0.2) is 0 Å². The standard InChI is InChI=1S/C12H23NO3/c1-5-10(14)8-13(9-6-7-9)11(15)16-12(2,3)4/h9-10,14H,5-8H2,1-4H3. The van der Waals surface area contributed by atoms with E-state index in [1.807, 2.05) is 27.7 Å². The fourth-order valence-electron chi connectivity index (χ4n) is 1.44. The summed E-state index contributed by atoms with van der Waals surface area (Å²) in [6.07, 6.45) is 1.95. The zero-order valence-electron chi connectivity index (χ0n) is 10.7. The molecule has 0 radical (unpaired) electrons. The minimum atomic E-state index is -0.471. The fourth-order valence-corrected chi connectivity index (χ4v) is 1.44. The number of ether oxygens (including phenoxy) is 1. The maximum Gasteiger partial charge on any atom is 0.410 e. The van der Waals surface area contributed by atoms with Gasteiger partial charge in [0.15, 0.2) is 0 Å². The molecule has 1 aliphatic carbocycles. The molecule has 0 aromatic carbocycles. The van der Waals surface area contributed by atoms with Gasteiger partial charge in [-0.15, -0.1) is 0 Å². The first-order valence-corrected chi connectivity index (χ1v) is 6.01. The molecule has 1 aliphatic rings. The van der Waals surface area contributed by atoms with E-state index in [1.54, 1.807) is 4.90 Å². The molecule has 0 aliphatic heterocycles. The van der Waals surface area contributed by atoms with Crippen LogP contribution in [0.25, 0.3) is 0 Å². The molecule has 16 heavy (non-hydrogen) atoms. The first-order chi connectivity index (χ1) is 7.33. The van der Waals surface area contributed by atoms with Crippen LogP contribution in [-0.4, -0.2) is 40.4 Å². The van der Waals surface area contributed by atoms with Crippen LogP contribution in [0.2, 0.25) is 0 Å². The van der Waals surface area contributed by atoms with Crippen molar-refractivity contribution in [3.8, 4) is 0 Å². The molecule has 0 spiro atoms. The Labute approximate surface area is 97.6 Å². The molecular weight excluding hydrogens is 206 g/mol. The Morgan fingerprint density at radius 3 is 2.44 bits per heavy atom. The number of aliphatic hydroxyl groups is 1. The molecule has 1 unspecified atom stereocenters. The van der Waals surface area contributed by atoms with Gasteiger partial charge < -0.3 is 14.7 Å². The first-order valence-electron chi connectivity index (χ1n) is 6.01. The molecule has 1 rings (SSSR count). The number of carbonyl (C=O) groups is 1. The molecule has 4 nitrogen and oxygen atoms in total. The molecule has 0 heterocycles. The van der Waals surface area contributed by atoms with Gasteiger partial charge in [-0.25, -0.2) is 4.79 Å². The second kappa shape index (κ2) is 5.04. The van der Waals surface area contributed by atoms with Crippen molar-refractivity contribution in [1.82, 2.24) is 4.90 Å². The van der Waals surface area contributed by atoms with Crippen molar-refractivity contribution < 1.29 is 14.6 Å². The molecule has 4 heteroatoms. The van der Waals surface area contributed by atoms with E-state index >= 15 is 0 Å². The van der Waals surface area contributed by atoms with Crippen LogP contribution >= 0.6 is 0 Å². The fraction of sp³-hybridized carbons (Fsp3) is 0.917. The van der Waals surface area contributed by atoms with Gasteiger partial charge in [0.05, 0.1) is 12.6 Å². The third-order valence-corrected chi connectivity index (χ3v) is 2.49. The summed E-state index contributed by atoms with van der Waals surface area (Å²) in [5, 5.41) is 9.60. The van der Waals surface area contributed by atoms with E-state index in [4.69, 9.17) is 4.74 Å². The smallest absolute Gasteiger partial charge is 0.410 e. The molecule has 0 bridgehead atoms. The van der Waals surface area contributed by atoms with Gasteiger partial charge in [-0.2, -0.15) is 0 Å². The summed E-state index contributed by atoms with van der Waals surface area (Å²) < 4.78 is 5.32. The number of hydrogen-bond donors (Lipinski definition) is 1. The lowest BCUT2D eigenvalue weighted by molar-refractivity contribution is 0.0123. The molecule has 0 aromatic rings. The Morgan fingerprint density at radius 1 is 1.50 bits per heavy atom. The second-order valence-corrected chi connectivity index (χ2v) is 5.43. The van der Waals surface area contributed by atoms with Gasteiger partial charge >= 0.3 is 6.09 Å². The van der Waals surface area contributed by atoms with Crippen LogP contribution < -0.4 is 0 Å². The van der Waals surface area contributed by atoms with E-state index in [0.29, 0.717) is 13.0 Å². The van der Waals surface area contributed by atoms with Gasteiger partial charge in [-0.05, 0) is 40.0 Å². The highest BCUT2D eigenvalue weighted by molar-refractivity contribution is 5.69. The summed E-state index contributed by atoms with van der Waals surface area (Å²) in [7, 11) is 0. The number of nitrogens with zero attached hydrogens (tertiary/aromatic N) is 1. The Bertz CT molecular complexity index is 243. The quantitative estimate of drug-likeness (QED) is 0.803. The molecular formula is C12H23NO3. The minimum Gasteiger partial charge on any atom is -0.444 e. The van der Waals surface area contributed by atoms with E-state index in [-0.39, 0.29) is 12.1 Å². The van der Waals surface area contributed by atoms with E-state index in [0.717, 1.165) is 12.8 Å². The normalized spacial score (nSPS) is 18.1. The predicted molar refractivity (Wildman–Crippen MR) is 62.3 cm³/mol. The highest BCUT2D eigenvalue weighted by Gasteiger charge is 2.35. The number of aliphatic hydroxyl groups excluding tert-OH is 1. The van der Waals surface area contributed by atoms with Crippen LogP contribution in [-0.2, 0) is 4.74 Å². The lowest BCUT2D eigenvalue weighted by atomic mass is 10.2. The average Bonchev–Trinajstić information content (AvgIpc) is 2.93. The van der Waals surface area contributed by atoms with Gasteiger partial charge in [0.2, 0.25) is 0 Å². The van der Waals surface area contributed by atoms with Crippen molar-refractivity contribution in [2.45, 2.75) is 64.7 Å². The van der Waals surface area contributed by atoms with E-state index in [2.05, 4.69) is 0 Å². The molecule has 1 atom stereocenters. The van der Waals surface area contributed by atoms with Crippen LogP contribution in [0.3, 0.4) is 0 Å². The SMILES string of the molecule is CCC(O)CN(C(=O)OC(C)(C)C)C1CC1. The van der Waals surface area contributed by atoms with Crippen molar-refractivity contribution in [3.05, 3.63) is 0 Å². The van der Waals surface area contributed by atoms with Crippen molar-refractivity contribution >= 4 is 6.09 Å². The number of hydrogen-bond acceptors (Lipinski definition) is 3. The number of carbonyl (C=O) groups excluding carboxylic acids is 1. The van der Waals surface area contributed by atoms with Gasteiger partial charge in [-0.3, -0.25) is 0 Å². The lowest BCUT2D eigenvalue weighted by Crippen LogP contribution is -2.42. The molecule has 1 saturated carbocycles. The molecule has 1 fully saturated rings. The Kier molecular flexibility index (Phi) is 4.19. The third kappa shape index (κ3) is 4.39. The molecule has 1 N–H and O–H groups in total. The zero-order valence-corrected chi connectivity index (χ0v) is 10.7. The minimum absolute atomic E-state index is 0.274. The maximum absolute atomic E-state index is 11.9. The van der Waals surface area contributed by atoms with E-state index in [9.17, 15) is 9.90 Å². The molecule has 1 amide bonds. The Balaban J connectivity index is 2.52. The zero-order chi connectivity index (χ0) is 12.3. The van der Waals surface area contributed by atoms with Crippen molar-refractivity contribution in [2.24, 2.45) is 0 Å². The maximum atomic E-state index is 11.9. The van der Waals surface area contributed by atoms with Crippen molar-refractivity contribution in [2.75, 3.05) is 6.54 Å². The predicted octanol–water partition coefficient (Wildman–Crippen LogP) is 2.16. The largest absolute Gasteiger partial charge is 0.444 e. The molecule has 0 saturated heterocycles. The highest BCUT2D eigenvalue weighted by Crippen LogP contribution is 2.28. The monoisotopic (exact) mass is 229 g/mol. The second-order valence-electron chi connectivity index (χ2n) is 5.43. The van der Waals surface area contributed by atoms with Gasteiger partial charge in [-0.1, -0.05) is 6.92 Å². The lowest BCUT2D eigenvalue weighted by Gasteiger charge is -2.28. The average molecular weight is 229 g/mol. The first kappa shape index (κ1) is 13.3. The summed E-state index contributed by atoms with van der Waals surface area (Å²) in [5.74, 6) is 0. The summed E-state index contributed by atoms with van der Waals surface area (Å²) in [4.78, 5) is 13.6. The van der Waals surface area contributed by atoms with Crippen molar-refractivity contribution in [3.63, 3.8) is 0 Å². The summed E-state index contributed by atoms with van der Waals surface area (Å²) in [6, 6.07) is 0.274. The van der Waals surface area contributed by atoms with Gasteiger partial charge in [0, 0.05) is 6.04 Å². The van der Waals surface area contributed by atoms with Gasteiger partial charge in [0.1, 0.15) is 5.60 Å². The van der Waals surface area contributed by atoms with Crippen LogP contribution in [0.5, 0.6) is 0 Å². The van der Waals surface area contributed by atoms with Gasteiger partial charge in [0.25, 0.3) is 0 Å². The van der Waals surface area contributed by atoms with Crippen LogP contribution in [0, 0.1) is 0 Å². The number of rotatable bonds is 4. The Morgan fingerprint density at radius 2 is 2.06 bits per heavy atom. The highest BCUT2D eigenvalue weighted by atomic mass is 16.6. The van der Waals surface area contributed by atoms with E-state index < -0.39 is 11.7 Å². The van der Waals surface area contributed by atoms with E-state index in [1.165, 1.54) is 0 Å². The third-order valence-electron chi connectivity index (χ3n) is 2.49. The molecule has 0 aromatic heterocycles. The summed E-state index contributed by atoms with van der Waals surface area (Å²) in [6.45, 7) is 7.85. The van der Waals surface area contributed by atoms with Crippen molar-refractivity contribution in [1.29, 1.82) is 0 Å². The number of amides is 1. The summed E-state index contributed by atoms with van der Waals surface area (Å²) >= 11 is 0. The van der Waals surface area contributed by atoms with Crippen LogP contribution in [0.4, 0.5) is 4.79 Å². The van der Waals surface area contributed by atoms with Crippen LogP contribution in [0.1, 0.15) is 47.0 Å².